The molecule has 1 aromatic heterocycles. The van der Waals surface area contributed by atoms with Gasteiger partial charge in [-0.25, -0.2) is 4.98 Å². The van der Waals surface area contributed by atoms with E-state index in [-0.39, 0.29) is 11.4 Å². The molecule has 0 unspecified atom stereocenters. The third kappa shape index (κ3) is 2.95. The molecule has 8 nitrogen and oxygen atoms in total. The average Bonchev–Trinajstić information content (AvgIpc) is 2.83. The van der Waals surface area contributed by atoms with Gasteiger partial charge in [-0.2, -0.15) is 0 Å². The van der Waals surface area contributed by atoms with Crippen LogP contribution in [0, 0.1) is 17.0 Å². The number of nitrogens with zero attached hydrogens (tertiary/aromatic N) is 2. The van der Waals surface area contributed by atoms with Gasteiger partial charge in [0.25, 0.3) is 5.69 Å². The van der Waals surface area contributed by atoms with Crippen LogP contribution in [0.5, 0.6) is 0 Å². The van der Waals surface area contributed by atoms with Gasteiger partial charge in [-0.05, 0) is 13.0 Å². The van der Waals surface area contributed by atoms with Crippen LogP contribution in [0.25, 0.3) is 10.2 Å². The Morgan fingerprint density at radius 1 is 1.33 bits per heavy atom. The van der Waals surface area contributed by atoms with Gasteiger partial charge in [-0.3, -0.25) is 10.1 Å². The van der Waals surface area contributed by atoms with Crippen molar-refractivity contribution in [2.24, 2.45) is 0 Å². The van der Waals surface area contributed by atoms with Crippen molar-refractivity contribution in [3.63, 3.8) is 0 Å². The Kier molecular flexibility index (Phi) is 4.37. The second-order valence-electron chi connectivity index (χ2n) is 4.71. The lowest BCUT2D eigenvalue weighted by Crippen LogP contribution is -2.49. The van der Waals surface area contributed by atoms with Gasteiger partial charge < -0.3 is 20.6 Å². The van der Waals surface area contributed by atoms with Crippen LogP contribution in [0.2, 0.25) is 0 Å². The standard InChI is InChI=1S/C12H15N3O5S/c1-7-13-9-2-8(14-12(4-16,5-17)6-18)10(15(19)20)3-11(9)21-7/h2-3,14,16-18H,4-6H2,1H3. The number of aliphatic hydroxyl groups excluding tert-OH is 3. The molecule has 2 aromatic rings. The lowest BCUT2D eigenvalue weighted by atomic mass is 10.0. The minimum absolute atomic E-state index is 0.0925. The number of nitro groups is 1. The lowest BCUT2D eigenvalue weighted by Gasteiger charge is -2.29. The minimum atomic E-state index is -1.44. The van der Waals surface area contributed by atoms with E-state index in [1.807, 2.05) is 0 Å². The Morgan fingerprint density at radius 2 is 1.95 bits per heavy atom. The lowest BCUT2D eigenvalue weighted by molar-refractivity contribution is -0.383. The van der Waals surface area contributed by atoms with Crippen molar-refractivity contribution in [2.75, 3.05) is 25.1 Å². The maximum Gasteiger partial charge on any atom is 0.293 e. The van der Waals surface area contributed by atoms with E-state index in [1.54, 1.807) is 6.92 Å². The van der Waals surface area contributed by atoms with Crippen LogP contribution >= 0.6 is 11.3 Å². The van der Waals surface area contributed by atoms with Crippen molar-refractivity contribution >= 4 is 32.9 Å². The van der Waals surface area contributed by atoms with Crippen molar-refractivity contribution < 1.29 is 20.2 Å². The number of benzene rings is 1. The highest BCUT2D eigenvalue weighted by atomic mass is 32.1. The summed E-state index contributed by atoms with van der Waals surface area (Å²) in [6.45, 7) is 0.0604. The van der Waals surface area contributed by atoms with Gasteiger partial charge in [-0.15, -0.1) is 11.3 Å². The maximum atomic E-state index is 11.2. The number of thiazole rings is 1. The number of nitro benzene ring substituents is 1. The van der Waals surface area contributed by atoms with E-state index in [4.69, 9.17) is 0 Å². The molecule has 21 heavy (non-hydrogen) atoms. The number of hydrogen-bond acceptors (Lipinski definition) is 8. The molecule has 9 heteroatoms. The van der Waals surface area contributed by atoms with Crippen LogP contribution in [-0.4, -0.2) is 50.6 Å². The number of aromatic nitrogens is 1. The number of aryl methyl sites for hydroxylation is 1. The van der Waals surface area contributed by atoms with Gasteiger partial charge in [0.05, 0.1) is 40.0 Å². The molecule has 1 aromatic carbocycles. The second-order valence-corrected chi connectivity index (χ2v) is 5.94. The van der Waals surface area contributed by atoms with Crippen LogP contribution in [0.15, 0.2) is 12.1 Å². The SMILES string of the molecule is Cc1nc2cc(NC(CO)(CO)CO)c([N+](=O)[O-])cc2s1. The van der Waals surface area contributed by atoms with E-state index in [0.29, 0.717) is 10.2 Å². The summed E-state index contributed by atoms with van der Waals surface area (Å²) in [5.74, 6) is 0. The Labute approximate surface area is 123 Å². The Bertz CT molecular complexity index is 660. The van der Waals surface area contributed by atoms with Crippen molar-refractivity contribution in [1.29, 1.82) is 0 Å². The molecule has 114 valence electrons. The van der Waals surface area contributed by atoms with E-state index in [1.165, 1.54) is 23.5 Å². The van der Waals surface area contributed by atoms with Crippen LogP contribution in [0.1, 0.15) is 5.01 Å². The highest BCUT2D eigenvalue weighted by Crippen LogP contribution is 2.34. The van der Waals surface area contributed by atoms with Gasteiger partial charge in [0.1, 0.15) is 11.2 Å². The first-order chi connectivity index (χ1) is 9.94. The fourth-order valence-corrected chi connectivity index (χ4v) is 2.73. The molecule has 0 amide bonds. The molecular formula is C12H15N3O5S. The van der Waals surface area contributed by atoms with Gasteiger partial charge in [0.2, 0.25) is 0 Å². The molecular weight excluding hydrogens is 298 g/mol. The number of hydrogen-bond donors (Lipinski definition) is 4. The largest absolute Gasteiger partial charge is 0.394 e. The molecule has 0 aliphatic heterocycles. The molecule has 0 radical (unpaired) electrons. The highest BCUT2D eigenvalue weighted by molar-refractivity contribution is 7.18. The predicted octanol–water partition coefficient (Wildman–Crippen LogP) is 0.641. The van der Waals surface area contributed by atoms with E-state index in [0.717, 1.165) is 5.01 Å². The van der Waals surface area contributed by atoms with Crippen molar-refractivity contribution in [3.05, 3.63) is 27.3 Å². The van der Waals surface area contributed by atoms with Crippen LogP contribution < -0.4 is 5.32 Å². The molecule has 0 saturated carbocycles. The van der Waals surface area contributed by atoms with Gasteiger partial charge in [0, 0.05) is 6.07 Å². The Hall–Kier alpha value is -1.81. The zero-order valence-electron chi connectivity index (χ0n) is 11.2. The van der Waals surface area contributed by atoms with Crippen LogP contribution in [0.4, 0.5) is 11.4 Å². The van der Waals surface area contributed by atoms with Crippen LogP contribution in [0.3, 0.4) is 0 Å². The summed E-state index contributed by atoms with van der Waals surface area (Å²) in [5.41, 5.74) is -0.974. The molecule has 0 saturated heterocycles. The second kappa shape index (κ2) is 5.90. The molecule has 0 aliphatic rings. The minimum Gasteiger partial charge on any atom is -0.394 e. The topological polar surface area (TPSA) is 129 Å². The summed E-state index contributed by atoms with van der Waals surface area (Å²) in [6.07, 6.45) is 0. The van der Waals surface area contributed by atoms with E-state index >= 15 is 0 Å². The molecule has 1 heterocycles. The van der Waals surface area contributed by atoms with Gasteiger partial charge in [0.15, 0.2) is 0 Å². The molecule has 0 bridgehead atoms. The number of nitrogens with one attached hydrogen (secondary N) is 1. The number of aliphatic hydroxyl groups is 3. The predicted molar refractivity (Wildman–Crippen MR) is 78.6 cm³/mol. The molecule has 2 rings (SSSR count). The zero-order chi connectivity index (χ0) is 15.6. The third-order valence-corrected chi connectivity index (χ3v) is 4.05. The number of anilines is 1. The quantitative estimate of drug-likeness (QED) is 0.455. The first-order valence-corrected chi connectivity index (χ1v) is 6.92. The fourth-order valence-electron chi connectivity index (χ4n) is 1.88. The third-order valence-electron chi connectivity index (χ3n) is 3.12. The number of rotatable bonds is 6. The molecule has 0 fully saturated rings. The molecule has 0 spiro atoms. The Morgan fingerprint density at radius 3 is 2.48 bits per heavy atom. The summed E-state index contributed by atoms with van der Waals surface area (Å²) >= 11 is 1.34. The summed E-state index contributed by atoms with van der Waals surface area (Å²) in [4.78, 5) is 14.9. The zero-order valence-corrected chi connectivity index (χ0v) is 12.1. The average molecular weight is 313 g/mol. The molecule has 0 aliphatic carbocycles. The Balaban J connectivity index is 2.55. The van der Waals surface area contributed by atoms with E-state index < -0.39 is 30.3 Å². The van der Waals surface area contributed by atoms with Crippen molar-refractivity contribution in [1.82, 2.24) is 4.98 Å². The molecule has 4 N–H and O–H groups in total. The smallest absolute Gasteiger partial charge is 0.293 e. The molecule has 0 atom stereocenters. The van der Waals surface area contributed by atoms with E-state index in [2.05, 4.69) is 10.3 Å². The first-order valence-electron chi connectivity index (χ1n) is 6.11. The van der Waals surface area contributed by atoms with Gasteiger partial charge in [-0.1, -0.05) is 0 Å². The normalized spacial score (nSPS) is 11.8. The van der Waals surface area contributed by atoms with Crippen LogP contribution in [-0.2, 0) is 0 Å². The van der Waals surface area contributed by atoms with E-state index in [9.17, 15) is 25.4 Å². The number of fused-ring (bicyclic) bond motifs is 1. The maximum absolute atomic E-state index is 11.2. The van der Waals surface area contributed by atoms with Gasteiger partial charge >= 0.3 is 0 Å². The monoisotopic (exact) mass is 313 g/mol. The summed E-state index contributed by atoms with van der Waals surface area (Å²) in [7, 11) is 0. The first kappa shape index (κ1) is 15.6. The van der Waals surface area contributed by atoms with Crippen molar-refractivity contribution in [2.45, 2.75) is 12.5 Å². The fraction of sp³-hybridized carbons (Fsp3) is 0.417. The summed E-state index contributed by atoms with van der Waals surface area (Å²) < 4.78 is 0.673. The summed E-state index contributed by atoms with van der Waals surface area (Å²) in [6, 6.07) is 2.87. The van der Waals surface area contributed by atoms with Crippen molar-refractivity contribution in [3.8, 4) is 0 Å². The highest BCUT2D eigenvalue weighted by Gasteiger charge is 2.31. The summed E-state index contributed by atoms with van der Waals surface area (Å²) in [5, 5.41) is 42.6.